The van der Waals surface area contributed by atoms with Gasteiger partial charge in [0.15, 0.2) is 17.5 Å². The molecule has 0 radical (unpaired) electrons. The van der Waals surface area contributed by atoms with Crippen molar-refractivity contribution in [2.75, 3.05) is 6.61 Å². The second-order valence-corrected chi connectivity index (χ2v) is 10.7. The van der Waals surface area contributed by atoms with Gasteiger partial charge in [-0.3, -0.25) is 4.99 Å². The largest absolute Gasteiger partial charge is 0.419 e. The van der Waals surface area contributed by atoms with Crippen LogP contribution in [-0.4, -0.2) is 68.3 Å². The highest BCUT2D eigenvalue weighted by atomic mass is 35.5. The molecule has 2 aliphatic heterocycles. The molecular weight excluding hydrogens is 638 g/mol. The van der Waals surface area contributed by atoms with Crippen LogP contribution in [0.3, 0.4) is 0 Å². The lowest BCUT2D eigenvalue weighted by atomic mass is 9.91. The van der Waals surface area contributed by atoms with Gasteiger partial charge in [0.05, 0.1) is 34.5 Å². The molecule has 2 saturated heterocycles. The van der Waals surface area contributed by atoms with E-state index in [1.54, 1.807) is 0 Å². The summed E-state index contributed by atoms with van der Waals surface area (Å²) in [5.41, 5.74) is 2.44. The van der Waals surface area contributed by atoms with Crippen molar-refractivity contribution in [2.45, 2.75) is 49.7 Å². The molecule has 2 aromatic carbocycles. The standard InChI is InChI=1S/C27H21Cl2F5N6O4/c1-10-38-26(40(39-10)16-5-13(28)4-11(6-35)18(16)27(32,33)34)25-22(42)21(24-23(44-25)17(41)9-43-24)37-8-12(7-36)14-2-3-15(29)20(31)19(14)30/h2-5,7-8,17,21-25,41-42H,9,36H2,1H3/b12-7+,37-8?/t17?,21?,22?,23?,24-,25?/m1/s1. The Labute approximate surface area is 255 Å². The molecule has 1 aromatic heterocycles. The number of fused-ring (bicyclic) bond motifs is 1. The first-order chi connectivity index (χ1) is 20.8. The number of hydrogen-bond acceptors (Lipinski definition) is 9. The number of aromatic nitrogens is 3. The number of aryl methyl sites for hydroxylation is 1. The van der Waals surface area contributed by atoms with Gasteiger partial charge in [-0.1, -0.05) is 23.2 Å². The molecule has 0 amide bonds. The van der Waals surface area contributed by atoms with Crippen LogP contribution in [0.15, 0.2) is 35.5 Å². The summed E-state index contributed by atoms with van der Waals surface area (Å²) in [6.45, 7) is 1.14. The Morgan fingerprint density at radius 2 is 1.93 bits per heavy atom. The van der Waals surface area contributed by atoms with Crippen LogP contribution in [0.5, 0.6) is 0 Å². The highest BCUT2D eigenvalue weighted by Crippen LogP contribution is 2.42. The molecule has 0 spiro atoms. The molecule has 10 nitrogen and oxygen atoms in total. The molecule has 17 heteroatoms. The van der Waals surface area contributed by atoms with Crippen LogP contribution in [0, 0.1) is 29.9 Å². The van der Waals surface area contributed by atoms with Crippen molar-refractivity contribution in [2.24, 2.45) is 10.7 Å². The third kappa shape index (κ3) is 5.65. The fourth-order valence-electron chi connectivity index (χ4n) is 5.15. The topological polar surface area (TPSA) is 152 Å². The Morgan fingerprint density at radius 1 is 1.20 bits per heavy atom. The van der Waals surface area contributed by atoms with E-state index >= 15 is 0 Å². The minimum Gasteiger partial charge on any atom is -0.404 e. The van der Waals surface area contributed by atoms with E-state index in [4.69, 9.17) is 38.4 Å². The van der Waals surface area contributed by atoms with Crippen LogP contribution >= 0.6 is 23.2 Å². The van der Waals surface area contributed by atoms with Gasteiger partial charge in [-0.05, 0) is 31.2 Å². The predicted octanol–water partition coefficient (Wildman–Crippen LogP) is 4.05. The summed E-state index contributed by atoms with van der Waals surface area (Å²) < 4.78 is 83.7. The molecule has 0 saturated carbocycles. The van der Waals surface area contributed by atoms with Crippen molar-refractivity contribution in [1.29, 1.82) is 5.26 Å². The summed E-state index contributed by atoms with van der Waals surface area (Å²) in [6, 6.07) is 4.25. The summed E-state index contributed by atoms with van der Waals surface area (Å²) in [5.74, 6) is -2.98. The lowest BCUT2D eigenvalue weighted by Gasteiger charge is -2.40. The van der Waals surface area contributed by atoms with Crippen molar-refractivity contribution in [3.8, 4) is 11.8 Å². The van der Waals surface area contributed by atoms with Crippen molar-refractivity contribution < 1.29 is 41.6 Å². The maximum absolute atomic E-state index is 14.6. The maximum atomic E-state index is 14.6. The van der Waals surface area contributed by atoms with Gasteiger partial charge in [0, 0.05) is 28.6 Å². The second kappa shape index (κ2) is 12.0. The van der Waals surface area contributed by atoms with E-state index in [1.807, 2.05) is 0 Å². The lowest BCUT2D eigenvalue weighted by Crippen LogP contribution is -2.54. The van der Waals surface area contributed by atoms with Crippen molar-refractivity contribution in [3.05, 3.63) is 80.5 Å². The van der Waals surface area contributed by atoms with Crippen molar-refractivity contribution >= 4 is 35.0 Å². The molecular formula is C27H21Cl2F5N6O4. The van der Waals surface area contributed by atoms with E-state index in [0.717, 1.165) is 41.4 Å². The number of nitrogens with two attached hydrogens (primary N) is 1. The Balaban J connectivity index is 1.60. The molecule has 3 aromatic rings. The van der Waals surface area contributed by atoms with E-state index in [-0.39, 0.29) is 34.4 Å². The number of benzene rings is 2. The van der Waals surface area contributed by atoms with Gasteiger partial charge in [-0.25, -0.2) is 18.4 Å². The molecule has 0 bridgehead atoms. The van der Waals surface area contributed by atoms with E-state index in [2.05, 4.69) is 15.1 Å². The van der Waals surface area contributed by atoms with Gasteiger partial charge in [-0.15, -0.1) is 0 Å². The Bertz CT molecular complexity index is 1710. The van der Waals surface area contributed by atoms with E-state index < -0.39 is 76.2 Å². The van der Waals surface area contributed by atoms with Gasteiger partial charge >= 0.3 is 6.18 Å². The molecule has 5 unspecified atom stereocenters. The number of nitrogens with zero attached hydrogens (tertiary/aromatic N) is 5. The van der Waals surface area contributed by atoms with Crippen LogP contribution in [0.1, 0.15) is 34.4 Å². The SMILES string of the molecule is Cc1nc(C2OC3C(O)CO[C@@H]3C(N=C/C(=C\N)c3ccc(Cl)c(F)c3F)C2O)n(-c2cc(Cl)cc(C#N)c2C(F)(F)F)n1. The fourth-order valence-corrected chi connectivity index (χ4v) is 5.50. The number of aliphatic hydroxyl groups is 2. The summed E-state index contributed by atoms with van der Waals surface area (Å²) in [7, 11) is 0. The molecule has 0 aliphatic carbocycles. The minimum atomic E-state index is -5.02. The number of aliphatic hydroxyl groups excluding tert-OH is 2. The van der Waals surface area contributed by atoms with E-state index in [0.29, 0.717) is 0 Å². The zero-order valence-corrected chi connectivity index (χ0v) is 23.8. The molecule has 4 N–H and O–H groups in total. The number of allylic oxidation sites excluding steroid dienone is 1. The quantitative estimate of drug-likeness (QED) is 0.211. The molecule has 3 heterocycles. The highest BCUT2D eigenvalue weighted by Gasteiger charge is 2.53. The highest BCUT2D eigenvalue weighted by molar-refractivity contribution is 6.31. The number of nitriles is 1. The summed E-state index contributed by atoms with van der Waals surface area (Å²) in [5, 5.41) is 34.9. The van der Waals surface area contributed by atoms with Crippen molar-refractivity contribution in [1.82, 2.24) is 14.8 Å². The minimum absolute atomic E-state index is 0.0265. The lowest BCUT2D eigenvalue weighted by molar-refractivity contribution is -0.178. The molecule has 44 heavy (non-hydrogen) atoms. The third-order valence-corrected chi connectivity index (χ3v) is 7.59. The number of rotatable bonds is 5. The molecule has 232 valence electrons. The van der Waals surface area contributed by atoms with E-state index in [9.17, 15) is 37.4 Å². The average Bonchev–Trinajstić information content (AvgIpc) is 3.54. The number of aliphatic imine (C=N–C) groups is 1. The second-order valence-electron chi connectivity index (χ2n) is 9.88. The predicted molar refractivity (Wildman–Crippen MR) is 146 cm³/mol. The number of halogens is 7. The molecule has 2 fully saturated rings. The van der Waals surface area contributed by atoms with Gasteiger partial charge in [-0.2, -0.15) is 23.5 Å². The van der Waals surface area contributed by atoms with Crippen LogP contribution in [0.2, 0.25) is 10.0 Å². The van der Waals surface area contributed by atoms with Crippen LogP contribution < -0.4 is 5.73 Å². The summed E-state index contributed by atoms with van der Waals surface area (Å²) in [6.07, 6.45) is -9.76. The van der Waals surface area contributed by atoms with Crippen LogP contribution in [-0.2, 0) is 15.7 Å². The number of ether oxygens (including phenoxy) is 2. The van der Waals surface area contributed by atoms with Crippen LogP contribution in [0.4, 0.5) is 22.0 Å². The van der Waals surface area contributed by atoms with Gasteiger partial charge in [0.2, 0.25) is 0 Å². The molecule has 6 atom stereocenters. The van der Waals surface area contributed by atoms with E-state index in [1.165, 1.54) is 13.0 Å². The average molecular weight is 659 g/mol. The Kier molecular flexibility index (Phi) is 8.69. The summed E-state index contributed by atoms with van der Waals surface area (Å²) in [4.78, 5) is 8.50. The van der Waals surface area contributed by atoms with Gasteiger partial charge < -0.3 is 25.4 Å². The third-order valence-electron chi connectivity index (χ3n) is 7.08. The molecule has 5 rings (SSSR count). The fraction of sp³-hybridized carbons (Fsp3) is 0.333. The monoisotopic (exact) mass is 658 g/mol. The Hall–Kier alpha value is -3.65. The first kappa shape index (κ1) is 31.8. The smallest absolute Gasteiger partial charge is 0.404 e. The summed E-state index contributed by atoms with van der Waals surface area (Å²) >= 11 is 11.7. The van der Waals surface area contributed by atoms with Gasteiger partial charge in [0.1, 0.15) is 42.4 Å². The Morgan fingerprint density at radius 3 is 2.59 bits per heavy atom. The number of hydrogen-bond donors (Lipinski definition) is 3. The first-order valence-corrected chi connectivity index (χ1v) is 13.5. The number of alkyl halides is 3. The first-order valence-electron chi connectivity index (χ1n) is 12.7. The maximum Gasteiger partial charge on any atom is 0.419 e. The van der Waals surface area contributed by atoms with Crippen molar-refractivity contribution in [3.63, 3.8) is 0 Å². The normalized spacial score (nSPS) is 25.8. The van der Waals surface area contributed by atoms with Crippen LogP contribution in [0.25, 0.3) is 11.3 Å². The van der Waals surface area contributed by atoms with Gasteiger partial charge in [0.25, 0.3) is 0 Å². The zero-order valence-electron chi connectivity index (χ0n) is 22.3. The molecule has 2 aliphatic rings. The zero-order chi connectivity index (χ0) is 32.1.